The van der Waals surface area contributed by atoms with E-state index in [1.807, 2.05) is 36.4 Å². The maximum absolute atomic E-state index is 12.7. The van der Waals surface area contributed by atoms with Crippen molar-refractivity contribution in [2.75, 3.05) is 12.4 Å². The Hall–Kier alpha value is -2.92. The molecule has 0 radical (unpaired) electrons. The third-order valence-corrected chi connectivity index (χ3v) is 6.53. The molecule has 4 rings (SSSR count). The maximum Gasteiger partial charge on any atom is 0.229 e. The second-order valence-corrected chi connectivity index (χ2v) is 9.11. The van der Waals surface area contributed by atoms with E-state index in [4.69, 9.17) is 21.3 Å². The number of amides is 1. The van der Waals surface area contributed by atoms with Gasteiger partial charge in [-0.15, -0.1) is 0 Å². The van der Waals surface area contributed by atoms with Crippen molar-refractivity contribution in [2.45, 2.75) is 51.4 Å². The number of benzene rings is 2. The lowest BCUT2D eigenvalue weighted by Crippen LogP contribution is -2.18. The highest BCUT2D eigenvalue weighted by Crippen LogP contribution is 2.29. The van der Waals surface area contributed by atoms with Gasteiger partial charge in [-0.1, -0.05) is 55.8 Å². The summed E-state index contributed by atoms with van der Waals surface area (Å²) < 4.78 is 5.26. The molecule has 0 spiro atoms. The Balaban J connectivity index is 1.52. The number of anilines is 1. The Morgan fingerprint density at radius 2 is 1.79 bits per heavy atom. The SMILES string of the molecule is COc1ccc(-c2cnc(NC(=O)Cc3ccc(Cl)cc3)c(CCC3CCCCC3)n2)cc1. The predicted octanol–water partition coefficient (Wildman–Crippen LogP) is 6.50. The van der Waals surface area contributed by atoms with E-state index in [0.29, 0.717) is 10.8 Å². The molecule has 0 saturated heterocycles. The number of aromatic nitrogens is 2. The van der Waals surface area contributed by atoms with Gasteiger partial charge in [0.05, 0.1) is 31.1 Å². The molecule has 0 aliphatic heterocycles. The lowest BCUT2D eigenvalue weighted by molar-refractivity contribution is -0.115. The fourth-order valence-electron chi connectivity index (χ4n) is 4.39. The summed E-state index contributed by atoms with van der Waals surface area (Å²) in [5, 5.41) is 3.65. The van der Waals surface area contributed by atoms with Gasteiger partial charge in [-0.2, -0.15) is 0 Å². The van der Waals surface area contributed by atoms with Gasteiger partial charge in [0.2, 0.25) is 5.91 Å². The van der Waals surface area contributed by atoms with Crippen molar-refractivity contribution < 1.29 is 9.53 Å². The Kier molecular flexibility index (Phi) is 7.95. The Labute approximate surface area is 200 Å². The van der Waals surface area contributed by atoms with Crippen LogP contribution >= 0.6 is 11.6 Å². The molecule has 1 aliphatic carbocycles. The van der Waals surface area contributed by atoms with Crippen LogP contribution in [0.4, 0.5) is 5.82 Å². The van der Waals surface area contributed by atoms with E-state index in [9.17, 15) is 4.79 Å². The minimum Gasteiger partial charge on any atom is -0.497 e. The highest BCUT2D eigenvalue weighted by atomic mass is 35.5. The first-order chi connectivity index (χ1) is 16.1. The lowest BCUT2D eigenvalue weighted by Gasteiger charge is -2.21. The zero-order valence-corrected chi connectivity index (χ0v) is 19.8. The molecule has 1 N–H and O–H groups in total. The number of nitrogens with one attached hydrogen (secondary N) is 1. The number of ether oxygens (including phenoxy) is 1. The second-order valence-electron chi connectivity index (χ2n) is 8.67. The van der Waals surface area contributed by atoms with Crippen molar-refractivity contribution in [1.82, 2.24) is 9.97 Å². The molecular formula is C27H30ClN3O2. The number of carbonyl (C=O) groups excluding carboxylic acids is 1. The van der Waals surface area contributed by atoms with Gasteiger partial charge in [0.15, 0.2) is 5.82 Å². The van der Waals surface area contributed by atoms with Gasteiger partial charge < -0.3 is 10.1 Å². The summed E-state index contributed by atoms with van der Waals surface area (Å²) in [4.78, 5) is 22.3. The van der Waals surface area contributed by atoms with Crippen molar-refractivity contribution >= 4 is 23.3 Å². The maximum atomic E-state index is 12.7. The number of aryl methyl sites for hydroxylation is 1. The summed E-state index contributed by atoms with van der Waals surface area (Å²) in [6.07, 6.45) is 10.4. The number of methoxy groups -OCH3 is 1. The van der Waals surface area contributed by atoms with Crippen LogP contribution < -0.4 is 10.1 Å². The lowest BCUT2D eigenvalue weighted by atomic mass is 9.86. The van der Waals surface area contributed by atoms with E-state index in [-0.39, 0.29) is 12.3 Å². The predicted molar refractivity (Wildman–Crippen MR) is 133 cm³/mol. The Bertz CT molecular complexity index is 1060. The van der Waals surface area contributed by atoms with E-state index in [1.165, 1.54) is 32.1 Å². The fourth-order valence-corrected chi connectivity index (χ4v) is 4.51. The van der Waals surface area contributed by atoms with E-state index in [0.717, 1.165) is 47.0 Å². The molecule has 2 aromatic carbocycles. The van der Waals surface area contributed by atoms with Crippen LogP contribution in [0.15, 0.2) is 54.7 Å². The number of nitrogens with zero attached hydrogens (tertiary/aromatic N) is 2. The fraction of sp³-hybridized carbons (Fsp3) is 0.370. The molecule has 1 amide bonds. The van der Waals surface area contributed by atoms with Crippen LogP contribution in [0.3, 0.4) is 0 Å². The highest BCUT2D eigenvalue weighted by Gasteiger charge is 2.17. The molecule has 172 valence electrons. The topological polar surface area (TPSA) is 64.1 Å². The van der Waals surface area contributed by atoms with Gasteiger partial charge in [-0.05, 0) is 60.7 Å². The molecular weight excluding hydrogens is 434 g/mol. The van der Waals surface area contributed by atoms with Gasteiger partial charge in [0.1, 0.15) is 5.75 Å². The molecule has 1 aliphatic rings. The van der Waals surface area contributed by atoms with Crippen LogP contribution in [0.25, 0.3) is 11.3 Å². The smallest absolute Gasteiger partial charge is 0.229 e. The van der Waals surface area contributed by atoms with Gasteiger partial charge in [-0.3, -0.25) is 4.79 Å². The first-order valence-corrected chi connectivity index (χ1v) is 12.0. The summed E-state index contributed by atoms with van der Waals surface area (Å²) in [6.45, 7) is 0. The number of hydrogen-bond acceptors (Lipinski definition) is 4. The quantitative estimate of drug-likeness (QED) is 0.414. The first-order valence-electron chi connectivity index (χ1n) is 11.7. The molecule has 5 nitrogen and oxygen atoms in total. The van der Waals surface area contributed by atoms with Crippen LogP contribution in [0.1, 0.15) is 49.8 Å². The van der Waals surface area contributed by atoms with E-state index in [2.05, 4.69) is 10.3 Å². The van der Waals surface area contributed by atoms with Crippen LogP contribution in [0.2, 0.25) is 5.02 Å². The average molecular weight is 464 g/mol. The summed E-state index contributed by atoms with van der Waals surface area (Å²) in [5.74, 6) is 1.97. The van der Waals surface area contributed by atoms with E-state index < -0.39 is 0 Å². The van der Waals surface area contributed by atoms with Crippen LogP contribution in [-0.4, -0.2) is 23.0 Å². The summed E-state index contributed by atoms with van der Waals surface area (Å²) >= 11 is 5.95. The molecule has 33 heavy (non-hydrogen) atoms. The molecule has 3 aromatic rings. The second kappa shape index (κ2) is 11.3. The van der Waals surface area contributed by atoms with Crippen LogP contribution in [-0.2, 0) is 17.6 Å². The molecule has 0 unspecified atom stereocenters. The minimum absolute atomic E-state index is 0.109. The first kappa shape index (κ1) is 23.2. The highest BCUT2D eigenvalue weighted by molar-refractivity contribution is 6.30. The van der Waals surface area contributed by atoms with E-state index >= 15 is 0 Å². The molecule has 1 fully saturated rings. The Morgan fingerprint density at radius 3 is 2.48 bits per heavy atom. The largest absolute Gasteiger partial charge is 0.497 e. The number of hydrogen-bond donors (Lipinski definition) is 1. The number of carbonyl (C=O) groups is 1. The molecule has 0 bridgehead atoms. The van der Waals surface area contributed by atoms with Gasteiger partial charge in [0.25, 0.3) is 0 Å². The van der Waals surface area contributed by atoms with Gasteiger partial charge in [0, 0.05) is 10.6 Å². The molecule has 1 aromatic heterocycles. The third kappa shape index (κ3) is 6.55. The van der Waals surface area contributed by atoms with Crippen molar-refractivity contribution in [2.24, 2.45) is 5.92 Å². The van der Waals surface area contributed by atoms with Crippen molar-refractivity contribution in [1.29, 1.82) is 0 Å². The van der Waals surface area contributed by atoms with Gasteiger partial charge >= 0.3 is 0 Å². The molecule has 0 atom stereocenters. The summed E-state index contributed by atoms with van der Waals surface area (Å²) in [7, 11) is 1.65. The minimum atomic E-state index is -0.109. The molecule has 6 heteroatoms. The monoisotopic (exact) mass is 463 g/mol. The molecule has 1 heterocycles. The van der Waals surface area contributed by atoms with Crippen LogP contribution in [0.5, 0.6) is 5.75 Å². The zero-order chi connectivity index (χ0) is 23.0. The normalized spacial score (nSPS) is 14.1. The number of halogens is 1. The number of rotatable bonds is 8. The Morgan fingerprint density at radius 1 is 1.06 bits per heavy atom. The zero-order valence-electron chi connectivity index (χ0n) is 19.0. The van der Waals surface area contributed by atoms with Gasteiger partial charge in [-0.25, -0.2) is 9.97 Å². The van der Waals surface area contributed by atoms with Crippen molar-refractivity contribution in [3.05, 3.63) is 71.0 Å². The van der Waals surface area contributed by atoms with E-state index in [1.54, 1.807) is 25.4 Å². The summed E-state index contributed by atoms with van der Waals surface area (Å²) in [5.41, 5.74) is 3.52. The third-order valence-electron chi connectivity index (χ3n) is 6.28. The standard InChI is InChI=1S/C27H30ClN3O2/c1-33-23-14-10-21(11-15-23)25-18-29-27(24(30-25)16-9-19-5-3-2-4-6-19)31-26(32)17-20-7-12-22(28)13-8-20/h7-8,10-15,18-19H,2-6,9,16-17H2,1H3,(H,29,31,32). The average Bonchev–Trinajstić information content (AvgIpc) is 2.85. The van der Waals surface area contributed by atoms with Crippen molar-refractivity contribution in [3.8, 4) is 17.0 Å². The van der Waals surface area contributed by atoms with Crippen LogP contribution in [0, 0.1) is 5.92 Å². The molecule has 1 saturated carbocycles. The summed E-state index contributed by atoms with van der Waals surface area (Å²) in [6, 6.07) is 15.1. The van der Waals surface area contributed by atoms with Crippen molar-refractivity contribution in [3.63, 3.8) is 0 Å².